The Bertz CT molecular complexity index is 667. The van der Waals surface area contributed by atoms with E-state index in [2.05, 4.69) is 6.92 Å². The highest BCUT2D eigenvalue weighted by atomic mass is 16.6. The Morgan fingerprint density at radius 3 is 2.41 bits per heavy atom. The van der Waals surface area contributed by atoms with Crippen molar-refractivity contribution in [1.29, 1.82) is 0 Å². The summed E-state index contributed by atoms with van der Waals surface area (Å²) >= 11 is 0. The number of hydrogen-bond acceptors (Lipinski definition) is 5. The van der Waals surface area contributed by atoms with Crippen molar-refractivity contribution in [2.24, 2.45) is 0 Å². The molecular weight excluding hydrogens is 286 g/mol. The molecule has 0 atom stereocenters. The van der Waals surface area contributed by atoms with Crippen LogP contribution in [0.4, 0.5) is 5.69 Å². The molecule has 0 saturated heterocycles. The molecule has 22 heavy (non-hydrogen) atoms. The van der Waals surface area contributed by atoms with Gasteiger partial charge in [0.2, 0.25) is 5.75 Å². The molecule has 0 fully saturated rings. The fraction of sp³-hybridized carbons (Fsp3) is 0.250. The first kappa shape index (κ1) is 15.6. The van der Waals surface area contributed by atoms with Gasteiger partial charge in [-0.3, -0.25) is 10.1 Å². The number of hydrogen-bond donors (Lipinski definition) is 2. The molecule has 0 bridgehead atoms. The zero-order valence-corrected chi connectivity index (χ0v) is 12.2. The average Bonchev–Trinajstić information content (AvgIpc) is 2.50. The zero-order chi connectivity index (χ0) is 16.1. The van der Waals surface area contributed by atoms with Crippen LogP contribution >= 0.6 is 0 Å². The lowest BCUT2D eigenvalue weighted by atomic mass is 10.0. The van der Waals surface area contributed by atoms with Gasteiger partial charge < -0.3 is 14.9 Å². The van der Waals surface area contributed by atoms with Crippen LogP contribution in [0.25, 0.3) is 11.1 Å². The maximum Gasteiger partial charge on any atom is 0.315 e. The SMILES string of the molecule is CCCCOc1ccc(-c2cc(O)c(O)c([N+](=O)[O-])c2)cc1. The van der Waals surface area contributed by atoms with Gasteiger partial charge in [-0.1, -0.05) is 25.5 Å². The number of nitro groups is 1. The molecule has 0 radical (unpaired) electrons. The fourth-order valence-electron chi connectivity index (χ4n) is 1.99. The van der Waals surface area contributed by atoms with Crippen molar-refractivity contribution in [2.75, 3.05) is 6.61 Å². The smallest absolute Gasteiger partial charge is 0.315 e. The second kappa shape index (κ2) is 6.80. The molecule has 2 aromatic carbocycles. The van der Waals surface area contributed by atoms with Gasteiger partial charge in [0.1, 0.15) is 5.75 Å². The van der Waals surface area contributed by atoms with Gasteiger partial charge in [-0.15, -0.1) is 0 Å². The summed E-state index contributed by atoms with van der Waals surface area (Å²) in [6.45, 7) is 2.72. The van der Waals surface area contributed by atoms with Crippen LogP contribution < -0.4 is 4.74 Å². The van der Waals surface area contributed by atoms with E-state index in [1.807, 2.05) is 0 Å². The van der Waals surface area contributed by atoms with Crippen molar-refractivity contribution in [3.8, 4) is 28.4 Å². The van der Waals surface area contributed by atoms with E-state index >= 15 is 0 Å². The molecule has 0 spiro atoms. The van der Waals surface area contributed by atoms with E-state index in [-0.39, 0.29) is 0 Å². The fourth-order valence-corrected chi connectivity index (χ4v) is 1.99. The molecule has 2 N–H and O–H groups in total. The first-order valence-corrected chi connectivity index (χ1v) is 6.96. The van der Waals surface area contributed by atoms with Gasteiger partial charge >= 0.3 is 5.69 Å². The highest BCUT2D eigenvalue weighted by molar-refractivity contribution is 5.72. The topological polar surface area (TPSA) is 92.8 Å². The van der Waals surface area contributed by atoms with E-state index in [1.54, 1.807) is 24.3 Å². The number of benzene rings is 2. The third-order valence-corrected chi connectivity index (χ3v) is 3.22. The molecule has 0 unspecified atom stereocenters. The maximum atomic E-state index is 10.9. The molecule has 116 valence electrons. The predicted molar refractivity (Wildman–Crippen MR) is 82.3 cm³/mol. The summed E-state index contributed by atoms with van der Waals surface area (Å²) in [7, 11) is 0. The Kier molecular flexibility index (Phi) is 4.83. The van der Waals surface area contributed by atoms with Gasteiger partial charge in [0.15, 0.2) is 5.75 Å². The summed E-state index contributed by atoms with van der Waals surface area (Å²) in [6.07, 6.45) is 2.02. The summed E-state index contributed by atoms with van der Waals surface area (Å²) in [5.74, 6) is -0.532. The van der Waals surface area contributed by atoms with Crippen LogP contribution in [0.15, 0.2) is 36.4 Å². The normalized spacial score (nSPS) is 10.4. The number of rotatable bonds is 6. The molecule has 0 aliphatic rings. The van der Waals surface area contributed by atoms with Crippen LogP contribution in [0, 0.1) is 10.1 Å². The lowest BCUT2D eigenvalue weighted by molar-refractivity contribution is -0.385. The van der Waals surface area contributed by atoms with Crippen LogP contribution in [-0.2, 0) is 0 Å². The lowest BCUT2D eigenvalue weighted by Crippen LogP contribution is -1.96. The molecule has 2 aromatic rings. The monoisotopic (exact) mass is 303 g/mol. The van der Waals surface area contributed by atoms with E-state index in [9.17, 15) is 20.3 Å². The number of phenols is 2. The number of nitrogens with zero attached hydrogens (tertiary/aromatic N) is 1. The van der Waals surface area contributed by atoms with Crippen LogP contribution in [-0.4, -0.2) is 21.7 Å². The first-order chi connectivity index (χ1) is 10.5. The third-order valence-electron chi connectivity index (χ3n) is 3.22. The Labute approximate surface area is 127 Å². The third kappa shape index (κ3) is 3.46. The first-order valence-electron chi connectivity index (χ1n) is 6.96. The molecule has 6 heteroatoms. The van der Waals surface area contributed by atoms with Crippen molar-refractivity contribution in [1.82, 2.24) is 0 Å². The van der Waals surface area contributed by atoms with E-state index in [1.165, 1.54) is 12.1 Å². The number of phenolic OH excluding ortho intramolecular Hbond substituents is 2. The van der Waals surface area contributed by atoms with Gasteiger partial charge in [0.05, 0.1) is 11.5 Å². The highest BCUT2D eigenvalue weighted by Gasteiger charge is 2.19. The van der Waals surface area contributed by atoms with Gasteiger partial charge in [0.25, 0.3) is 0 Å². The molecule has 0 aliphatic carbocycles. The van der Waals surface area contributed by atoms with Crippen LogP contribution in [0.3, 0.4) is 0 Å². The summed E-state index contributed by atoms with van der Waals surface area (Å²) in [5, 5.41) is 30.0. The van der Waals surface area contributed by atoms with Gasteiger partial charge in [-0.2, -0.15) is 0 Å². The Morgan fingerprint density at radius 2 is 1.82 bits per heavy atom. The Morgan fingerprint density at radius 1 is 1.14 bits per heavy atom. The van der Waals surface area contributed by atoms with E-state index in [4.69, 9.17) is 4.74 Å². The van der Waals surface area contributed by atoms with Crippen molar-refractivity contribution in [3.05, 3.63) is 46.5 Å². The quantitative estimate of drug-likeness (QED) is 0.366. The van der Waals surface area contributed by atoms with Gasteiger partial charge in [0, 0.05) is 6.07 Å². The molecule has 0 aliphatic heterocycles. The van der Waals surface area contributed by atoms with Crippen molar-refractivity contribution in [3.63, 3.8) is 0 Å². The minimum absolute atomic E-state index is 0.446. The molecule has 0 amide bonds. The summed E-state index contributed by atoms with van der Waals surface area (Å²) in [5.41, 5.74) is 0.599. The minimum atomic E-state index is -0.735. The molecular formula is C16H17NO5. The maximum absolute atomic E-state index is 10.9. The lowest BCUT2D eigenvalue weighted by Gasteiger charge is -2.08. The van der Waals surface area contributed by atoms with Crippen LogP contribution in [0.2, 0.25) is 0 Å². The number of aromatic hydroxyl groups is 2. The predicted octanol–water partition coefficient (Wildman–Crippen LogP) is 3.85. The second-order valence-corrected chi connectivity index (χ2v) is 4.85. The largest absolute Gasteiger partial charge is 0.504 e. The average molecular weight is 303 g/mol. The van der Waals surface area contributed by atoms with Crippen molar-refractivity contribution < 1.29 is 19.9 Å². The number of nitro benzene ring substituents is 1. The summed E-state index contributed by atoms with van der Waals surface area (Å²) < 4.78 is 5.54. The van der Waals surface area contributed by atoms with Crippen LogP contribution in [0.5, 0.6) is 17.2 Å². The van der Waals surface area contributed by atoms with E-state index in [0.717, 1.165) is 18.6 Å². The van der Waals surface area contributed by atoms with Gasteiger partial charge in [-0.25, -0.2) is 0 Å². The van der Waals surface area contributed by atoms with Gasteiger partial charge in [-0.05, 0) is 35.7 Å². The minimum Gasteiger partial charge on any atom is -0.504 e. The summed E-state index contributed by atoms with van der Waals surface area (Å²) in [4.78, 5) is 10.1. The standard InChI is InChI=1S/C16H17NO5/c1-2-3-8-22-13-6-4-11(5-7-13)12-9-14(17(20)21)16(19)15(18)10-12/h4-7,9-10,18-19H,2-3,8H2,1H3. The van der Waals surface area contributed by atoms with E-state index < -0.39 is 22.1 Å². The summed E-state index contributed by atoms with van der Waals surface area (Å²) in [6, 6.07) is 9.53. The van der Waals surface area contributed by atoms with E-state index in [0.29, 0.717) is 17.7 Å². The van der Waals surface area contributed by atoms with Crippen LogP contribution in [0.1, 0.15) is 19.8 Å². The molecule has 6 nitrogen and oxygen atoms in total. The zero-order valence-electron chi connectivity index (χ0n) is 12.2. The highest BCUT2D eigenvalue weighted by Crippen LogP contribution is 2.39. The Hall–Kier alpha value is -2.76. The number of unbranched alkanes of at least 4 members (excludes halogenated alkanes) is 1. The molecule has 0 aromatic heterocycles. The molecule has 0 saturated carbocycles. The molecule has 2 rings (SSSR count). The van der Waals surface area contributed by atoms with Crippen molar-refractivity contribution >= 4 is 5.69 Å². The second-order valence-electron chi connectivity index (χ2n) is 4.85. The van der Waals surface area contributed by atoms with Crippen molar-refractivity contribution in [2.45, 2.75) is 19.8 Å². The Balaban J connectivity index is 2.26. The number of ether oxygens (including phenoxy) is 1. The molecule has 0 heterocycles.